The molecular weight excluding hydrogens is 421 g/mol. The average molecular weight is 446 g/mol. The van der Waals surface area contributed by atoms with Crippen LogP contribution in [-0.2, 0) is 0 Å². The Hall–Kier alpha value is -3.04. The highest BCUT2D eigenvalue weighted by Crippen LogP contribution is 2.41. The number of carbonyl (C=O) groups excluding carboxylic acids is 1. The quantitative estimate of drug-likeness (QED) is 0.746. The van der Waals surface area contributed by atoms with Crippen LogP contribution in [0.1, 0.15) is 25.7 Å². The molecule has 7 nitrogen and oxygen atoms in total. The molecular formula is C22H25F3N6O. The molecule has 0 aromatic carbocycles. The second-order valence-corrected chi connectivity index (χ2v) is 8.60. The van der Waals surface area contributed by atoms with Gasteiger partial charge in [0.2, 0.25) is 0 Å². The number of anilines is 4. The van der Waals surface area contributed by atoms with Crippen LogP contribution in [0.2, 0.25) is 0 Å². The number of alkyl halides is 3. The van der Waals surface area contributed by atoms with Gasteiger partial charge < -0.3 is 9.80 Å². The number of hydrogen-bond acceptors (Lipinski definition) is 5. The topological polar surface area (TPSA) is 64.6 Å². The molecule has 0 aliphatic carbocycles. The third-order valence-electron chi connectivity index (χ3n) is 6.50. The summed E-state index contributed by atoms with van der Waals surface area (Å²) in [5.41, 5.74) is 0.838. The molecule has 5 rings (SSSR count). The van der Waals surface area contributed by atoms with Crippen molar-refractivity contribution < 1.29 is 18.0 Å². The fraction of sp³-hybridized carbons (Fsp3) is 0.500. The Morgan fingerprint density at radius 1 is 1.03 bits per heavy atom. The van der Waals surface area contributed by atoms with Crippen molar-refractivity contribution in [2.45, 2.75) is 37.9 Å². The van der Waals surface area contributed by atoms with E-state index >= 15 is 0 Å². The van der Waals surface area contributed by atoms with Gasteiger partial charge in [0.25, 0.3) is 0 Å². The van der Waals surface area contributed by atoms with Gasteiger partial charge in [0.1, 0.15) is 11.6 Å². The van der Waals surface area contributed by atoms with E-state index in [0.29, 0.717) is 37.0 Å². The summed E-state index contributed by atoms with van der Waals surface area (Å²) >= 11 is 0. The van der Waals surface area contributed by atoms with Gasteiger partial charge in [-0.2, -0.15) is 13.2 Å². The third-order valence-corrected chi connectivity index (χ3v) is 6.50. The zero-order chi connectivity index (χ0) is 22.3. The molecule has 32 heavy (non-hydrogen) atoms. The average Bonchev–Trinajstić information content (AvgIpc) is 2.79. The number of amides is 2. The summed E-state index contributed by atoms with van der Waals surface area (Å²) in [5.74, 6) is 0.0637. The number of hydrogen-bond donors (Lipinski definition) is 1. The van der Waals surface area contributed by atoms with E-state index < -0.39 is 12.1 Å². The Morgan fingerprint density at radius 3 is 2.62 bits per heavy atom. The van der Waals surface area contributed by atoms with Crippen molar-refractivity contribution in [2.75, 3.05) is 46.2 Å². The Balaban J connectivity index is 1.47. The second kappa shape index (κ2) is 8.14. The molecule has 2 fully saturated rings. The number of nitrogens with one attached hydrogen (secondary N) is 1. The van der Waals surface area contributed by atoms with E-state index in [4.69, 9.17) is 4.98 Å². The first-order chi connectivity index (χ1) is 15.4. The van der Waals surface area contributed by atoms with Crippen molar-refractivity contribution in [3.05, 3.63) is 36.5 Å². The zero-order valence-electron chi connectivity index (χ0n) is 17.6. The molecule has 170 valence electrons. The molecule has 2 amide bonds. The normalized spacial score (nSPS) is 23.0. The standard InChI is InChI=1S/C22H25F3N6O/c23-22(24,25)15-5-3-12-30(13-15)19-9-8-17-20(28-19)31(16-6-4-11-29(17)14-16)21(32)27-18-7-1-2-10-26-18/h1-2,7-10,15-16H,3-6,11-14H2,(H,26,27,32). The zero-order valence-corrected chi connectivity index (χ0v) is 17.6. The summed E-state index contributed by atoms with van der Waals surface area (Å²) in [6.07, 6.45) is -0.215. The second-order valence-electron chi connectivity index (χ2n) is 8.60. The van der Waals surface area contributed by atoms with Crippen molar-refractivity contribution in [2.24, 2.45) is 5.92 Å². The fourth-order valence-electron chi connectivity index (χ4n) is 4.91. The van der Waals surface area contributed by atoms with Crippen LogP contribution in [0.4, 0.5) is 41.1 Å². The number of pyridine rings is 2. The number of fused-ring (bicyclic) bond motifs is 4. The van der Waals surface area contributed by atoms with Gasteiger partial charge in [-0.1, -0.05) is 6.07 Å². The highest BCUT2D eigenvalue weighted by Gasteiger charge is 2.43. The van der Waals surface area contributed by atoms with E-state index in [9.17, 15) is 18.0 Å². The maximum absolute atomic E-state index is 13.3. The molecule has 10 heteroatoms. The Morgan fingerprint density at radius 2 is 1.84 bits per heavy atom. The first-order valence-electron chi connectivity index (χ1n) is 11.0. The molecule has 0 radical (unpaired) electrons. The fourth-order valence-corrected chi connectivity index (χ4v) is 4.91. The molecule has 2 aromatic rings. The number of urea groups is 1. The Bertz CT molecular complexity index is 985. The molecule has 1 N–H and O–H groups in total. The molecule has 2 saturated heterocycles. The number of aromatic nitrogens is 2. The van der Waals surface area contributed by atoms with E-state index in [1.165, 1.54) is 0 Å². The number of carbonyl (C=O) groups is 1. The Kier molecular flexibility index (Phi) is 5.30. The van der Waals surface area contributed by atoms with Crippen molar-refractivity contribution in [3.63, 3.8) is 0 Å². The van der Waals surface area contributed by atoms with Gasteiger partial charge in [-0.05, 0) is 49.9 Å². The highest BCUT2D eigenvalue weighted by atomic mass is 19.4. The van der Waals surface area contributed by atoms with Crippen LogP contribution in [0, 0.1) is 5.92 Å². The van der Waals surface area contributed by atoms with Gasteiger partial charge in [0.05, 0.1) is 17.6 Å². The van der Waals surface area contributed by atoms with Crippen molar-refractivity contribution in [1.29, 1.82) is 0 Å². The van der Waals surface area contributed by atoms with Crippen LogP contribution in [0.15, 0.2) is 36.5 Å². The van der Waals surface area contributed by atoms with Crippen molar-refractivity contribution >= 4 is 29.2 Å². The van der Waals surface area contributed by atoms with Gasteiger partial charge in [-0.3, -0.25) is 10.2 Å². The largest absolute Gasteiger partial charge is 0.393 e. The number of halogens is 3. The molecule has 5 heterocycles. The van der Waals surface area contributed by atoms with E-state index in [1.807, 2.05) is 6.07 Å². The summed E-state index contributed by atoms with van der Waals surface area (Å²) in [5, 5.41) is 2.84. The molecule has 2 atom stereocenters. The molecule has 3 aliphatic rings. The van der Waals surface area contributed by atoms with Gasteiger partial charge in [-0.15, -0.1) is 0 Å². The van der Waals surface area contributed by atoms with E-state index in [-0.39, 0.29) is 25.0 Å². The lowest BCUT2D eigenvalue weighted by molar-refractivity contribution is -0.176. The minimum atomic E-state index is -4.22. The van der Waals surface area contributed by atoms with Gasteiger partial charge >= 0.3 is 12.2 Å². The summed E-state index contributed by atoms with van der Waals surface area (Å²) < 4.78 is 39.9. The minimum absolute atomic E-state index is 0.0491. The highest BCUT2D eigenvalue weighted by molar-refractivity contribution is 6.04. The van der Waals surface area contributed by atoms with Crippen LogP contribution in [0.25, 0.3) is 0 Å². The molecule has 2 unspecified atom stereocenters. The van der Waals surface area contributed by atoms with Crippen molar-refractivity contribution in [3.8, 4) is 0 Å². The van der Waals surface area contributed by atoms with Crippen LogP contribution in [0.5, 0.6) is 0 Å². The number of piperidine rings is 2. The van der Waals surface area contributed by atoms with Crippen LogP contribution in [-0.4, -0.2) is 54.4 Å². The van der Waals surface area contributed by atoms with Gasteiger partial charge in [0.15, 0.2) is 5.82 Å². The van der Waals surface area contributed by atoms with Crippen LogP contribution < -0.4 is 20.0 Å². The van der Waals surface area contributed by atoms with E-state index in [0.717, 1.165) is 25.1 Å². The molecule has 0 spiro atoms. The van der Waals surface area contributed by atoms with E-state index in [2.05, 4.69) is 15.2 Å². The number of nitrogens with zero attached hydrogens (tertiary/aromatic N) is 5. The maximum Gasteiger partial charge on any atom is 0.393 e. The predicted molar refractivity (Wildman–Crippen MR) is 116 cm³/mol. The molecule has 3 aliphatic heterocycles. The first-order valence-corrected chi connectivity index (χ1v) is 11.0. The lowest BCUT2D eigenvalue weighted by Gasteiger charge is -2.46. The van der Waals surface area contributed by atoms with Crippen LogP contribution in [0.3, 0.4) is 0 Å². The van der Waals surface area contributed by atoms with Gasteiger partial charge in [0, 0.05) is 32.4 Å². The lowest BCUT2D eigenvalue weighted by Crippen LogP contribution is -2.56. The smallest absolute Gasteiger partial charge is 0.366 e. The summed E-state index contributed by atoms with van der Waals surface area (Å²) in [6, 6.07) is 8.56. The van der Waals surface area contributed by atoms with Crippen molar-refractivity contribution in [1.82, 2.24) is 9.97 Å². The monoisotopic (exact) mass is 446 g/mol. The summed E-state index contributed by atoms with van der Waals surface area (Å²) in [4.78, 5) is 27.7. The number of rotatable bonds is 2. The Labute approximate surface area is 184 Å². The minimum Gasteiger partial charge on any atom is -0.366 e. The SMILES string of the molecule is O=C(Nc1ccccn1)N1c2nc(N3CCCC(C(F)(F)F)C3)ccc2N2CCCC1C2. The first kappa shape index (κ1) is 20.8. The van der Waals surface area contributed by atoms with Crippen LogP contribution >= 0.6 is 0 Å². The third kappa shape index (κ3) is 3.93. The lowest BCUT2D eigenvalue weighted by atomic mass is 9.97. The molecule has 2 aromatic heterocycles. The summed E-state index contributed by atoms with van der Waals surface area (Å²) in [6.45, 7) is 2.00. The molecule has 2 bridgehead atoms. The van der Waals surface area contributed by atoms with E-state index in [1.54, 1.807) is 40.3 Å². The summed E-state index contributed by atoms with van der Waals surface area (Å²) in [7, 11) is 0. The predicted octanol–water partition coefficient (Wildman–Crippen LogP) is 4.28. The molecule has 0 saturated carbocycles. The van der Waals surface area contributed by atoms with Gasteiger partial charge in [-0.25, -0.2) is 14.8 Å². The maximum atomic E-state index is 13.3.